The number of aromatic nitrogens is 2. The summed E-state index contributed by atoms with van der Waals surface area (Å²) in [6, 6.07) is 20.7. The number of sulfonamides is 1. The lowest BCUT2D eigenvalue weighted by molar-refractivity contribution is -0.384. The maximum absolute atomic E-state index is 14.5. The molecule has 1 spiro atoms. The number of piperidine rings is 1. The number of morpholine rings is 1. The van der Waals surface area contributed by atoms with Crippen molar-refractivity contribution in [2.24, 2.45) is 11.3 Å². The number of ether oxygens (including phenoxy) is 4. The van der Waals surface area contributed by atoms with Gasteiger partial charge in [0, 0.05) is 80.3 Å². The van der Waals surface area contributed by atoms with Gasteiger partial charge in [-0.15, -0.1) is 0 Å². The fraction of sp³-hybridized carbons (Fsp3) is 0.536. The van der Waals surface area contributed by atoms with Crippen LogP contribution in [0.25, 0.3) is 11.0 Å². The number of amides is 1. The number of aliphatic hydroxyl groups is 1. The number of nitro groups is 1. The number of hydrogen-bond donors (Lipinski definition) is 4. The van der Waals surface area contributed by atoms with E-state index < -0.39 is 37.0 Å². The molecule has 3 aromatic carbocycles. The molecule has 6 heterocycles. The molecule has 75 heavy (non-hydrogen) atoms. The van der Waals surface area contributed by atoms with Crippen LogP contribution in [0.3, 0.4) is 0 Å². The molecule has 5 aromatic rings. The van der Waals surface area contributed by atoms with Crippen LogP contribution in [-0.2, 0) is 14.8 Å². The van der Waals surface area contributed by atoms with Crippen molar-refractivity contribution in [2.75, 3.05) is 75.9 Å². The van der Waals surface area contributed by atoms with Crippen LogP contribution >= 0.6 is 0 Å². The summed E-state index contributed by atoms with van der Waals surface area (Å²) in [5.74, 6) is 0.0821. The SMILES string of the molecule is CC(C)c1ccccc1[C@H]1CCCN1C1CC2(CCN(c3ccc(C(=O)NS(=O)(=O)c4cc5c(c([N+](=O)[O-])c4)N[C@@H]([C@H]4CC[C@](C)(O)CC4)CO5)c(Oc4cc5cc[nH]c5nc4OCCN4CCOCC4)c3)CC2)C1. The van der Waals surface area contributed by atoms with Gasteiger partial charge in [0.1, 0.15) is 24.6 Å². The number of carbonyl (C=O) groups is 1. The second-order valence-corrected chi connectivity index (χ2v) is 24.1. The largest absolute Gasteiger partial charge is 0.489 e. The average molecular weight is 1050 g/mol. The molecule has 0 radical (unpaired) electrons. The van der Waals surface area contributed by atoms with Crippen LogP contribution in [0.2, 0.25) is 0 Å². The molecular weight excluding hydrogens is 977 g/mol. The Labute approximate surface area is 438 Å². The predicted molar refractivity (Wildman–Crippen MR) is 285 cm³/mol. The van der Waals surface area contributed by atoms with E-state index in [1.165, 1.54) is 42.9 Å². The van der Waals surface area contributed by atoms with E-state index >= 15 is 0 Å². The Hall–Kier alpha value is -5.99. The molecule has 18 nitrogen and oxygen atoms in total. The molecule has 4 aliphatic heterocycles. The Morgan fingerprint density at radius 3 is 2.51 bits per heavy atom. The summed E-state index contributed by atoms with van der Waals surface area (Å²) < 4.78 is 55.2. The summed E-state index contributed by atoms with van der Waals surface area (Å²) in [4.78, 5) is 41.1. The number of fused-ring (bicyclic) bond motifs is 2. The number of aromatic amines is 1. The highest BCUT2D eigenvalue weighted by atomic mass is 32.2. The molecule has 2 atom stereocenters. The van der Waals surface area contributed by atoms with Gasteiger partial charge in [-0.3, -0.25) is 24.7 Å². The van der Waals surface area contributed by atoms with Crippen molar-refractivity contribution < 1.29 is 42.2 Å². The van der Waals surface area contributed by atoms with Crippen molar-refractivity contribution in [1.82, 2.24) is 24.5 Å². The molecule has 2 aromatic heterocycles. The first-order valence-electron chi connectivity index (χ1n) is 26.9. The van der Waals surface area contributed by atoms with E-state index in [0.717, 1.165) is 62.7 Å². The van der Waals surface area contributed by atoms with Gasteiger partial charge in [0.05, 0.1) is 40.2 Å². The topological polar surface area (TPSA) is 214 Å². The Morgan fingerprint density at radius 2 is 1.75 bits per heavy atom. The molecule has 400 valence electrons. The third-order valence-corrected chi connectivity index (χ3v) is 18.4. The minimum absolute atomic E-state index is 0.00774. The van der Waals surface area contributed by atoms with Crippen molar-refractivity contribution in [3.8, 4) is 23.1 Å². The Bertz CT molecular complexity index is 3020. The van der Waals surface area contributed by atoms with Crippen LogP contribution < -0.4 is 29.1 Å². The zero-order valence-electron chi connectivity index (χ0n) is 43.2. The second-order valence-electron chi connectivity index (χ2n) is 22.4. The maximum atomic E-state index is 14.5. The van der Waals surface area contributed by atoms with E-state index in [4.69, 9.17) is 23.9 Å². The summed E-state index contributed by atoms with van der Waals surface area (Å²) in [7, 11) is -4.73. The van der Waals surface area contributed by atoms with E-state index in [9.17, 15) is 28.4 Å². The highest BCUT2D eigenvalue weighted by molar-refractivity contribution is 7.90. The van der Waals surface area contributed by atoms with Gasteiger partial charge in [0.2, 0.25) is 0 Å². The number of pyridine rings is 1. The van der Waals surface area contributed by atoms with Crippen molar-refractivity contribution in [3.63, 3.8) is 0 Å². The number of H-pyrrole nitrogens is 1. The van der Waals surface area contributed by atoms with Gasteiger partial charge in [-0.1, -0.05) is 38.1 Å². The van der Waals surface area contributed by atoms with Crippen molar-refractivity contribution in [3.05, 3.63) is 99.7 Å². The number of nitrogens with zero attached hydrogens (tertiary/aromatic N) is 5. The second kappa shape index (κ2) is 20.9. The lowest BCUT2D eigenvalue weighted by atomic mass is 9.59. The lowest BCUT2D eigenvalue weighted by Gasteiger charge is -2.56. The van der Waals surface area contributed by atoms with E-state index in [0.29, 0.717) is 75.7 Å². The minimum Gasteiger partial charge on any atom is -0.489 e. The summed E-state index contributed by atoms with van der Waals surface area (Å²) in [5, 5.41) is 27.1. The number of nitro benzene ring substituents is 1. The Kier molecular flexibility index (Phi) is 14.2. The standard InChI is InChI=1S/C56H70N8O10S/c1-36(2)42-7-4-5-8-43(42)46-9-6-20-63(46)40-33-56(34-40)17-21-62(22-18-56)39-10-11-44(48(30-39)74-50-29-38-14-19-57-52(38)59-54(50)72-28-25-61-23-26-71-27-24-61)53(65)60-75(69,70)41-31-47(64(67)68)51-49(32-41)73-35-45(58-51)37-12-15-55(3,66)16-13-37/h4-5,7-8,10-11,14,19,29-32,36-37,40,45-46,58,66H,6,9,12-13,15-18,20-28,33-35H2,1-3H3,(H,57,59)(H,60,65)/t37-,45-,46-,55-/m1/s1. The van der Waals surface area contributed by atoms with Gasteiger partial charge in [-0.2, -0.15) is 4.98 Å². The normalized spacial score (nSPS) is 24.3. The van der Waals surface area contributed by atoms with Gasteiger partial charge in [-0.25, -0.2) is 13.1 Å². The van der Waals surface area contributed by atoms with Crippen LogP contribution in [0.4, 0.5) is 17.1 Å². The van der Waals surface area contributed by atoms with Crippen LogP contribution in [0.1, 0.15) is 118 Å². The number of carbonyl (C=O) groups excluding carboxylic acids is 1. The molecule has 0 unspecified atom stereocenters. The molecule has 2 aliphatic carbocycles. The van der Waals surface area contributed by atoms with E-state index in [1.54, 1.807) is 24.4 Å². The van der Waals surface area contributed by atoms with Crippen molar-refractivity contribution in [2.45, 2.75) is 120 Å². The monoisotopic (exact) mass is 1050 g/mol. The van der Waals surface area contributed by atoms with E-state index in [1.807, 2.05) is 19.1 Å². The average Bonchev–Trinajstić information content (AvgIpc) is 4.08. The van der Waals surface area contributed by atoms with Gasteiger partial charge in [0.15, 0.2) is 17.2 Å². The highest BCUT2D eigenvalue weighted by Crippen LogP contribution is 2.54. The van der Waals surface area contributed by atoms with Gasteiger partial charge in [-0.05, 0) is 130 Å². The zero-order valence-corrected chi connectivity index (χ0v) is 44.0. The Balaban J connectivity index is 0.839. The summed E-state index contributed by atoms with van der Waals surface area (Å²) in [6.07, 6.45) is 11.2. The summed E-state index contributed by atoms with van der Waals surface area (Å²) in [6.45, 7) is 13.0. The van der Waals surface area contributed by atoms with Gasteiger partial charge < -0.3 is 39.3 Å². The van der Waals surface area contributed by atoms with Crippen molar-refractivity contribution in [1.29, 1.82) is 0 Å². The number of anilines is 2. The molecule has 3 saturated heterocycles. The first-order valence-corrected chi connectivity index (χ1v) is 28.4. The molecule has 4 N–H and O–H groups in total. The third kappa shape index (κ3) is 10.8. The smallest absolute Gasteiger partial charge is 0.297 e. The van der Waals surface area contributed by atoms with Crippen LogP contribution in [-0.4, -0.2) is 128 Å². The number of hydrogen-bond acceptors (Lipinski definition) is 15. The van der Waals surface area contributed by atoms with Gasteiger partial charge in [0.25, 0.3) is 27.5 Å². The quantitative estimate of drug-likeness (QED) is 0.0569. The predicted octanol–water partition coefficient (Wildman–Crippen LogP) is 8.92. The van der Waals surface area contributed by atoms with E-state index in [-0.39, 0.29) is 58.4 Å². The van der Waals surface area contributed by atoms with Gasteiger partial charge >= 0.3 is 0 Å². The molecule has 19 heteroatoms. The number of likely N-dealkylation sites (tertiary alicyclic amines) is 1. The fourth-order valence-electron chi connectivity index (χ4n) is 12.7. The lowest BCUT2D eigenvalue weighted by Crippen LogP contribution is -2.54. The molecule has 6 aliphatic rings. The molecule has 1 amide bonds. The molecule has 0 bridgehead atoms. The van der Waals surface area contributed by atoms with Crippen LogP contribution in [0.5, 0.6) is 23.1 Å². The summed E-state index contributed by atoms with van der Waals surface area (Å²) >= 11 is 0. The maximum Gasteiger partial charge on any atom is 0.297 e. The van der Waals surface area contributed by atoms with Crippen molar-refractivity contribution >= 4 is 44.0 Å². The van der Waals surface area contributed by atoms with Crippen LogP contribution in [0.15, 0.2) is 77.8 Å². The first-order chi connectivity index (χ1) is 36.1. The van der Waals surface area contributed by atoms with E-state index in [2.05, 4.69) is 67.8 Å². The first kappa shape index (κ1) is 51.1. The molecular formula is C56H70N8O10S. The van der Waals surface area contributed by atoms with Crippen LogP contribution in [0, 0.1) is 21.4 Å². The molecule has 11 rings (SSSR count). The summed E-state index contributed by atoms with van der Waals surface area (Å²) in [5.41, 5.74) is 3.34. The highest BCUT2D eigenvalue weighted by Gasteiger charge is 2.50. The molecule has 5 fully saturated rings. The fourth-order valence-corrected chi connectivity index (χ4v) is 13.7. The number of nitrogens with one attached hydrogen (secondary N) is 3. The molecule has 2 saturated carbocycles. The third-order valence-electron chi connectivity index (χ3n) is 17.1. The number of rotatable bonds is 15. The Morgan fingerprint density at radius 1 is 0.973 bits per heavy atom. The number of benzene rings is 3. The zero-order chi connectivity index (χ0) is 52.1. The minimum atomic E-state index is -4.73.